The molecule has 0 radical (unpaired) electrons. The van der Waals surface area contributed by atoms with Crippen LogP contribution >= 0.6 is 0 Å². The average Bonchev–Trinajstić information content (AvgIpc) is 2.98. The van der Waals surface area contributed by atoms with E-state index in [1.807, 2.05) is 35.7 Å². The number of fused-ring (bicyclic) bond motifs is 1. The van der Waals surface area contributed by atoms with Gasteiger partial charge in [0.05, 0.1) is 22.7 Å². The molecule has 8 heteroatoms. The normalized spacial score (nSPS) is 13.8. The number of rotatable bonds is 4. The van der Waals surface area contributed by atoms with Crippen molar-refractivity contribution in [1.29, 1.82) is 0 Å². The van der Waals surface area contributed by atoms with Crippen LogP contribution in [0.3, 0.4) is 0 Å². The lowest BCUT2D eigenvalue weighted by atomic mass is 10.3. The van der Waals surface area contributed by atoms with E-state index in [-0.39, 0.29) is 11.1 Å². The molecule has 3 rings (SSSR count). The fourth-order valence-electron chi connectivity index (χ4n) is 2.41. The highest BCUT2D eigenvalue weighted by Gasteiger charge is 2.32. The molecule has 25 heavy (non-hydrogen) atoms. The van der Waals surface area contributed by atoms with Gasteiger partial charge in [0.25, 0.3) is 0 Å². The van der Waals surface area contributed by atoms with Gasteiger partial charge in [0.15, 0.2) is 26.3 Å². The minimum Gasteiger partial charge on any atom is -0.374 e. The molecule has 0 saturated carbocycles. The molecular formula is C17H21N5O2S. The Bertz CT molecular complexity index is 988. The summed E-state index contributed by atoms with van der Waals surface area (Å²) in [5.41, 5.74) is 1.49. The van der Waals surface area contributed by atoms with Crippen LogP contribution in [0.4, 0.5) is 5.69 Å². The highest BCUT2D eigenvalue weighted by atomic mass is 32.2. The van der Waals surface area contributed by atoms with E-state index in [0.29, 0.717) is 5.69 Å². The highest BCUT2D eigenvalue weighted by molar-refractivity contribution is 7.92. The number of hydrogen-bond donors (Lipinski definition) is 1. The second-order valence-electron chi connectivity index (χ2n) is 6.85. The third kappa shape index (κ3) is 3.21. The number of aromatic nitrogens is 4. The van der Waals surface area contributed by atoms with Crippen LogP contribution in [0.15, 0.2) is 47.8 Å². The van der Waals surface area contributed by atoms with Gasteiger partial charge in [-0.3, -0.25) is 4.40 Å². The molecule has 0 aliphatic carbocycles. The van der Waals surface area contributed by atoms with Crippen molar-refractivity contribution in [3.63, 3.8) is 0 Å². The first-order valence-corrected chi connectivity index (χ1v) is 9.45. The SMILES string of the molecule is CC(Nc1ccc(S(=O)(=O)C(C)(C)C)nc1)c1nnc2ccccn12. The third-order valence-electron chi connectivity index (χ3n) is 3.93. The summed E-state index contributed by atoms with van der Waals surface area (Å²) in [6, 6.07) is 8.83. The van der Waals surface area contributed by atoms with E-state index in [0.717, 1.165) is 11.5 Å². The van der Waals surface area contributed by atoms with Crippen LogP contribution in [0.5, 0.6) is 0 Å². The summed E-state index contributed by atoms with van der Waals surface area (Å²) in [6.07, 6.45) is 3.43. The summed E-state index contributed by atoms with van der Waals surface area (Å²) in [6.45, 7) is 6.95. The predicted octanol–water partition coefficient (Wildman–Crippen LogP) is 2.87. The third-order valence-corrected chi connectivity index (χ3v) is 6.33. The molecule has 3 aromatic heterocycles. The second-order valence-corrected chi connectivity index (χ2v) is 9.50. The van der Waals surface area contributed by atoms with Crippen LogP contribution in [0.2, 0.25) is 0 Å². The molecule has 3 aromatic rings. The average molecular weight is 359 g/mol. The van der Waals surface area contributed by atoms with Crippen LogP contribution in [-0.2, 0) is 9.84 Å². The topological polar surface area (TPSA) is 89.2 Å². The molecule has 0 saturated heterocycles. The second kappa shape index (κ2) is 6.11. The summed E-state index contributed by atoms with van der Waals surface area (Å²) in [4.78, 5) is 4.12. The van der Waals surface area contributed by atoms with Crippen molar-refractivity contribution in [2.24, 2.45) is 0 Å². The lowest BCUT2D eigenvalue weighted by molar-refractivity contribution is 0.556. The van der Waals surface area contributed by atoms with E-state index in [1.165, 1.54) is 12.3 Å². The van der Waals surface area contributed by atoms with Gasteiger partial charge in [-0.25, -0.2) is 13.4 Å². The van der Waals surface area contributed by atoms with Gasteiger partial charge in [0.1, 0.15) is 0 Å². The van der Waals surface area contributed by atoms with Gasteiger partial charge in [-0.1, -0.05) is 6.07 Å². The van der Waals surface area contributed by atoms with Gasteiger partial charge in [0.2, 0.25) is 0 Å². The number of sulfone groups is 1. The quantitative estimate of drug-likeness (QED) is 0.770. The minimum absolute atomic E-state index is 0.0751. The monoisotopic (exact) mass is 359 g/mol. The van der Waals surface area contributed by atoms with E-state index in [4.69, 9.17) is 0 Å². The molecule has 0 bridgehead atoms. The molecule has 7 nitrogen and oxygen atoms in total. The summed E-state index contributed by atoms with van der Waals surface area (Å²) < 4.78 is 25.9. The van der Waals surface area contributed by atoms with Crippen molar-refractivity contribution < 1.29 is 8.42 Å². The summed E-state index contributed by atoms with van der Waals surface area (Å²) >= 11 is 0. The van der Waals surface area contributed by atoms with Crippen molar-refractivity contribution in [1.82, 2.24) is 19.6 Å². The van der Waals surface area contributed by atoms with Gasteiger partial charge in [0, 0.05) is 6.20 Å². The van der Waals surface area contributed by atoms with Gasteiger partial charge in [-0.05, 0) is 52.0 Å². The summed E-state index contributed by atoms with van der Waals surface area (Å²) in [7, 11) is -3.46. The zero-order valence-corrected chi connectivity index (χ0v) is 15.4. The molecule has 1 unspecified atom stereocenters. The Morgan fingerprint density at radius 2 is 1.88 bits per heavy atom. The Balaban J connectivity index is 1.82. The minimum atomic E-state index is -3.46. The Labute approximate surface area is 147 Å². The number of nitrogens with zero attached hydrogens (tertiary/aromatic N) is 4. The molecule has 0 spiro atoms. The van der Waals surface area contributed by atoms with E-state index >= 15 is 0 Å². The van der Waals surface area contributed by atoms with Crippen molar-refractivity contribution in [2.75, 3.05) is 5.32 Å². The predicted molar refractivity (Wildman–Crippen MR) is 96.2 cm³/mol. The lowest BCUT2D eigenvalue weighted by Gasteiger charge is -2.19. The van der Waals surface area contributed by atoms with Crippen molar-refractivity contribution in [3.8, 4) is 0 Å². The molecule has 1 N–H and O–H groups in total. The molecule has 0 aromatic carbocycles. The number of hydrogen-bond acceptors (Lipinski definition) is 6. The van der Waals surface area contributed by atoms with E-state index in [2.05, 4.69) is 20.5 Å². The van der Waals surface area contributed by atoms with Gasteiger partial charge in [-0.2, -0.15) is 0 Å². The molecule has 0 amide bonds. The van der Waals surface area contributed by atoms with Gasteiger partial charge < -0.3 is 5.32 Å². The Morgan fingerprint density at radius 1 is 1.12 bits per heavy atom. The van der Waals surface area contributed by atoms with Crippen LogP contribution < -0.4 is 5.32 Å². The zero-order valence-electron chi connectivity index (χ0n) is 14.6. The van der Waals surface area contributed by atoms with Crippen LogP contribution in [0.1, 0.15) is 39.6 Å². The Hall–Kier alpha value is -2.48. The van der Waals surface area contributed by atoms with Crippen LogP contribution in [-0.4, -0.2) is 32.7 Å². The van der Waals surface area contributed by atoms with E-state index in [1.54, 1.807) is 26.8 Å². The molecule has 0 aliphatic heterocycles. The zero-order chi connectivity index (χ0) is 18.2. The molecule has 1 atom stereocenters. The van der Waals surface area contributed by atoms with Crippen molar-refractivity contribution in [3.05, 3.63) is 48.5 Å². The molecule has 3 heterocycles. The lowest BCUT2D eigenvalue weighted by Crippen LogP contribution is -2.28. The van der Waals surface area contributed by atoms with Crippen molar-refractivity contribution >= 4 is 21.2 Å². The maximum atomic E-state index is 12.4. The standard InChI is InChI=1S/C17H21N5O2S/c1-12(16-21-20-14-7-5-6-10-22(14)16)19-13-8-9-15(18-11-13)25(23,24)17(2,3)4/h5-12,19H,1-4H3. The number of anilines is 1. The first-order valence-electron chi connectivity index (χ1n) is 7.97. The maximum Gasteiger partial charge on any atom is 0.200 e. The fourth-order valence-corrected chi connectivity index (χ4v) is 3.47. The van der Waals surface area contributed by atoms with E-state index in [9.17, 15) is 8.42 Å². The first kappa shape index (κ1) is 17.3. The van der Waals surface area contributed by atoms with Crippen LogP contribution in [0, 0.1) is 0 Å². The van der Waals surface area contributed by atoms with Crippen LogP contribution in [0.25, 0.3) is 5.65 Å². The highest BCUT2D eigenvalue weighted by Crippen LogP contribution is 2.25. The molecule has 132 valence electrons. The smallest absolute Gasteiger partial charge is 0.200 e. The Morgan fingerprint density at radius 3 is 2.52 bits per heavy atom. The molecular weight excluding hydrogens is 338 g/mol. The summed E-state index contributed by atoms with van der Waals surface area (Å²) in [5.74, 6) is 0.766. The first-order chi connectivity index (χ1) is 11.7. The van der Waals surface area contributed by atoms with E-state index < -0.39 is 14.6 Å². The fraction of sp³-hybridized carbons (Fsp3) is 0.353. The Kier molecular flexibility index (Phi) is 4.24. The number of pyridine rings is 2. The number of nitrogens with one attached hydrogen (secondary N) is 1. The summed E-state index contributed by atoms with van der Waals surface area (Å²) in [5, 5.41) is 11.7. The van der Waals surface area contributed by atoms with Gasteiger partial charge >= 0.3 is 0 Å². The molecule has 0 fully saturated rings. The van der Waals surface area contributed by atoms with Gasteiger partial charge in [-0.15, -0.1) is 10.2 Å². The maximum absolute atomic E-state index is 12.4. The van der Waals surface area contributed by atoms with Crippen molar-refractivity contribution in [2.45, 2.75) is 43.5 Å². The molecule has 0 aliphatic rings. The largest absolute Gasteiger partial charge is 0.374 e.